The maximum atomic E-state index is 12.5. The molecule has 0 spiro atoms. The summed E-state index contributed by atoms with van der Waals surface area (Å²) < 4.78 is 6.52. The normalized spacial score (nSPS) is 11.6. The van der Waals surface area contributed by atoms with E-state index in [1.165, 1.54) is 11.3 Å². The van der Waals surface area contributed by atoms with E-state index in [9.17, 15) is 4.79 Å². The number of rotatable bonds is 7. The number of anilines is 2. The Morgan fingerprint density at radius 2 is 2.03 bits per heavy atom. The van der Waals surface area contributed by atoms with Crippen LogP contribution in [0.15, 0.2) is 29.4 Å². The van der Waals surface area contributed by atoms with Gasteiger partial charge in [-0.25, -0.2) is 4.98 Å². The summed E-state index contributed by atoms with van der Waals surface area (Å²) in [6.45, 7) is 7.74. The van der Waals surface area contributed by atoms with Crippen LogP contribution in [0.5, 0.6) is 5.75 Å². The van der Waals surface area contributed by atoms with Crippen molar-refractivity contribution < 1.29 is 9.53 Å². The van der Waals surface area contributed by atoms with Gasteiger partial charge in [-0.2, -0.15) is 5.10 Å². The van der Waals surface area contributed by atoms with E-state index < -0.39 is 0 Å². The Labute approximate surface area is 189 Å². The average Bonchev–Trinajstić information content (AvgIpc) is 3.11. The van der Waals surface area contributed by atoms with Gasteiger partial charge in [-0.05, 0) is 62.6 Å². The average molecular weight is 465 g/mol. The number of halogens is 2. The Kier molecular flexibility index (Phi) is 7.18. The molecule has 0 saturated carbocycles. The highest BCUT2D eigenvalue weighted by atomic mass is 35.5. The molecule has 0 aliphatic heterocycles. The number of fused-ring (bicyclic) bond motifs is 1. The third kappa shape index (κ3) is 5.22. The maximum Gasteiger partial charge on any atom is 0.262 e. The first-order valence-electron chi connectivity index (χ1n) is 9.36. The van der Waals surface area contributed by atoms with E-state index in [-0.39, 0.29) is 12.5 Å². The number of carbonyl (C=O) groups excluding carboxylic acids is 1. The molecule has 0 bridgehead atoms. The van der Waals surface area contributed by atoms with Crippen LogP contribution in [0.4, 0.5) is 10.8 Å². The Morgan fingerprint density at radius 1 is 1.27 bits per heavy atom. The Morgan fingerprint density at radius 3 is 2.73 bits per heavy atom. The monoisotopic (exact) mass is 464 g/mol. The number of benzene rings is 2. The zero-order valence-electron chi connectivity index (χ0n) is 17.1. The second-order valence-electron chi connectivity index (χ2n) is 6.78. The van der Waals surface area contributed by atoms with Crippen LogP contribution in [-0.4, -0.2) is 23.2 Å². The second kappa shape index (κ2) is 9.64. The van der Waals surface area contributed by atoms with Crippen molar-refractivity contribution in [3.8, 4) is 5.75 Å². The van der Waals surface area contributed by atoms with Crippen LogP contribution >= 0.6 is 34.5 Å². The molecule has 3 aromatic rings. The lowest BCUT2D eigenvalue weighted by Crippen LogP contribution is -2.21. The van der Waals surface area contributed by atoms with Gasteiger partial charge in [0.05, 0.1) is 15.2 Å². The van der Waals surface area contributed by atoms with E-state index in [0.29, 0.717) is 20.9 Å². The van der Waals surface area contributed by atoms with E-state index in [1.807, 2.05) is 33.8 Å². The summed E-state index contributed by atoms with van der Waals surface area (Å²) >= 11 is 13.5. The van der Waals surface area contributed by atoms with Crippen molar-refractivity contribution in [2.45, 2.75) is 34.1 Å². The first-order valence-corrected chi connectivity index (χ1v) is 10.9. The van der Waals surface area contributed by atoms with Gasteiger partial charge in [0.1, 0.15) is 5.75 Å². The molecule has 0 radical (unpaired) electrons. The van der Waals surface area contributed by atoms with Crippen LogP contribution in [0.2, 0.25) is 10.0 Å². The maximum absolute atomic E-state index is 12.5. The van der Waals surface area contributed by atoms with Crippen LogP contribution in [0.25, 0.3) is 10.2 Å². The van der Waals surface area contributed by atoms with Crippen molar-refractivity contribution in [3.63, 3.8) is 0 Å². The zero-order valence-corrected chi connectivity index (χ0v) is 19.4. The lowest BCUT2D eigenvalue weighted by atomic mass is 10.1. The number of aryl methyl sites for hydroxylation is 2. The quantitative estimate of drug-likeness (QED) is 0.311. The molecule has 0 unspecified atom stereocenters. The summed E-state index contributed by atoms with van der Waals surface area (Å²) in [5.41, 5.74) is 7.49. The molecule has 1 amide bonds. The van der Waals surface area contributed by atoms with Gasteiger partial charge in [0.15, 0.2) is 6.61 Å². The minimum atomic E-state index is -0.280. The van der Waals surface area contributed by atoms with Crippen molar-refractivity contribution in [3.05, 3.63) is 45.4 Å². The fourth-order valence-corrected chi connectivity index (χ4v) is 4.11. The van der Waals surface area contributed by atoms with E-state index >= 15 is 0 Å². The first-order chi connectivity index (χ1) is 14.3. The molecule has 1 heterocycles. The molecule has 0 aliphatic carbocycles. The van der Waals surface area contributed by atoms with Crippen molar-refractivity contribution in [2.75, 3.05) is 17.3 Å². The van der Waals surface area contributed by atoms with E-state index in [4.69, 9.17) is 27.9 Å². The minimum Gasteiger partial charge on any atom is -0.482 e. The minimum absolute atomic E-state index is 0.168. The van der Waals surface area contributed by atoms with Crippen molar-refractivity contribution in [2.24, 2.45) is 5.10 Å². The summed E-state index contributed by atoms with van der Waals surface area (Å²) in [5.74, 6) is 0.124. The Bertz CT molecular complexity index is 1130. The van der Waals surface area contributed by atoms with Crippen molar-refractivity contribution >= 4 is 67.2 Å². The number of hydrazone groups is 1. The van der Waals surface area contributed by atoms with Gasteiger partial charge in [0, 0.05) is 16.4 Å². The summed E-state index contributed by atoms with van der Waals surface area (Å²) in [5, 5.41) is 8.82. The van der Waals surface area contributed by atoms with Gasteiger partial charge in [0.25, 0.3) is 5.91 Å². The van der Waals surface area contributed by atoms with Crippen molar-refractivity contribution in [1.82, 2.24) is 4.98 Å². The van der Waals surface area contributed by atoms with E-state index in [1.54, 1.807) is 18.2 Å². The molecular weight excluding hydrogens is 443 g/mol. The number of carbonyl (C=O) groups is 1. The molecule has 9 heteroatoms. The topological polar surface area (TPSA) is 75.6 Å². The van der Waals surface area contributed by atoms with Crippen LogP contribution in [0.3, 0.4) is 0 Å². The Hall–Kier alpha value is -2.35. The number of nitrogens with one attached hydrogen (secondary N) is 2. The SMILES string of the molecule is CC/C(C)=N\Nc1nc2cc(C)c(NC(=O)COc3ccc(Cl)cc3Cl)c(C)c2s1. The van der Waals surface area contributed by atoms with Crippen LogP contribution in [0, 0.1) is 13.8 Å². The lowest BCUT2D eigenvalue weighted by molar-refractivity contribution is -0.118. The summed E-state index contributed by atoms with van der Waals surface area (Å²) in [7, 11) is 0. The smallest absolute Gasteiger partial charge is 0.262 e. The van der Waals surface area contributed by atoms with Crippen LogP contribution in [0.1, 0.15) is 31.4 Å². The number of hydrogen-bond donors (Lipinski definition) is 2. The highest BCUT2D eigenvalue weighted by Crippen LogP contribution is 2.35. The molecule has 1 aromatic heterocycles. The number of thiazole rings is 1. The summed E-state index contributed by atoms with van der Waals surface area (Å²) in [6, 6.07) is 6.81. The lowest BCUT2D eigenvalue weighted by Gasteiger charge is -2.13. The number of nitrogens with zero attached hydrogens (tertiary/aromatic N) is 2. The van der Waals surface area contributed by atoms with Crippen molar-refractivity contribution in [1.29, 1.82) is 0 Å². The molecule has 2 N–H and O–H groups in total. The number of ether oxygens (including phenoxy) is 1. The zero-order chi connectivity index (χ0) is 21.8. The summed E-state index contributed by atoms with van der Waals surface area (Å²) in [6.07, 6.45) is 0.871. The molecule has 0 atom stereocenters. The fraction of sp³-hybridized carbons (Fsp3) is 0.286. The number of aromatic nitrogens is 1. The Balaban J connectivity index is 1.75. The summed E-state index contributed by atoms with van der Waals surface area (Å²) in [4.78, 5) is 17.1. The van der Waals surface area contributed by atoms with Gasteiger partial charge < -0.3 is 10.1 Å². The third-order valence-electron chi connectivity index (χ3n) is 4.49. The van der Waals surface area contributed by atoms with Gasteiger partial charge in [-0.3, -0.25) is 10.2 Å². The molecule has 2 aromatic carbocycles. The van der Waals surface area contributed by atoms with Crippen LogP contribution < -0.4 is 15.5 Å². The molecule has 6 nitrogen and oxygen atoms in total. The molecular formula is C21H22Cl2N4O2S. The molecule has 158 valence electrons. The van der Waals surface area contributed by atoms with E-state index in [2.05, 4.69) is 20.8 Å². The predicted octanol–water partition coefficient (Wildman–Crippen LogP) is 6.44. The fourth-order valence-electron chi connectivity index (χ4n) is 2.76. The molecule has 3 rings (SSSR count). The standard InChI is InChI=1S/C21H22Cl2N4O2S/c1-5-12(3)26-27-21-24-16-8-11(2)19(13(4)20(16)30-21)25-18(28)10-29-17-7-6-14(22)9-15(17)23/h6-9H,5,10H2,1-4H3,(H,24,27)(H,25,28)/b26-12-. The van der Waals surface area contributed by atoms with Gasteiger partial charge in [-0.1, -0.05) is 41.5 Å². The highest BCUT2D eigenvalue weighted by Gasteiger charge is 2.15. The van der Waals surface area contributed by atoms with Crippen LogP contribution in [-0.2, 0) is 4.79 Å². The van der Waals surface area contributed by atoms with Gasteiger partial charge >= 0.3 is 0 Å². The van der Waals surface area contributed by atoms with Gasteiger partial charge in [-0.15, -0.1) is 0 Å². The first kappa shape index (κ1) is 22.3. The highest BCUT2D eigenvalue weighted by molar-refractivity contribution is 7.22. The molecule has 0 saturated heterocycles. The number of hydrogen-bond acceptors (Lipinski definition) is 6. The van der Waals surface area contributed by atoms with E-state index in [0.717, 1.165) is 39.2 Å². The second-order valence-corrected chi connectivity index (χ2v) is 8.63. The largest absolute Gasteiger partial charge is 0.482 e. The number of amides is 1. The predicted molar refractivity (Wildman–Crippen MR) is 127 cm³/mol. The molecule has 0 aliphatic rings. The van der Waals surface area contributed by atoms with Gasteiger partial charge in [0.2, 0.25) is 5.13 Å². The molecule has 0 fully saturated rings. The third-order valence-corrected chi connectivity index (χ3v) is 6.11. The molecule has 30 heavy (non-hydrogen) atoms.